The summed E-state index contributed by atoms with van der Waals surface area (Å²) in [6.45, 7) is 9.44. The predicted octanol–water partition coefficient (Wildman–Crippen LogP) is 5.14. The fraction of sp³-hybridized carbons (Fsp3) is 0.391. The first-order valence-electron chi connectivity index (χ1n) is 9.30. The molecule has 0 unspecified atom stereocenters. The molecule has 0 aromatic heterocycles. The SMILES string of the molecule is CC1=Nc2ccccc2C1(C)C.COc1cc2c(cc1OC)C(C)=NCC2. The largest absolute Gasteiger partial charge is 0.493 e. The Kier molecular flexibility index (Phi) is 5.36. The van der Waals surface area contributed by atoms with Crippen molar-refractivity contribution in [2.24, 2.45) is 9.98 Å². The van der Waals surface area contributed by atoms with Crippen LogP contribution in [0, 0.1) is 0 Å². The number of para-hydroxylation sites is 1. The van der Waals surface area contributed by atoms with Gasteiger partial charge in [-0.15, -0.1) is 0 Å². The van der Waals surface area contributed by atoms with E-state index in [1.54, 1.807) is 14.2 Å². The van der Waals surface area contributed by atoms with Crippen LogP contribution in [0.25, 0.3) is 0 Å². The molecule has 0 saturated heterocycles. The number of fused-ring (bicyclic) bond motifs is 2. The van der Waals surface area contributed by atoms with E-state index >= 15 is 0 Å². The summed E-state index contributed by atoms with van der Waals surface area (Å²) < 4.78 is 10.5. The molecule has 0 atom stereocenters. The number of benzene rings is 2. The van der Waals surface area contributed by atoms with Crippen LogP contribution >= 0.6 is 0 Å². The minimum Gasteiger partial charge on any atom is -0.493 e. The van der Waals surface area contributed by atoms with Crippen molar-refractivity contribution in [1.29, 1.82) is 0 Å². The number of rotatable bonds is 2. The summed E-state index contributed by atoms with van der Waals surface area (Å²) in [5.41, 5.74) is 7.39. The molecule has 0 saturated carbocycles. The van der Waals surface area contributed by atoms with Gasteiger partial charge in [-0.1, -0.05) is 32.0 Å². The molecule has 142 valence electrons. The van der Waals surface area contributed by atoms with Crippen LogP contribution in [0.5, 0.6) is 11.5 Å². The number of nitrogens with zero attached hydrogens (tertiary/aromatic N) is 2. The van der Waals surface area contributed by atoms with E-state index in [9.17, 15) is 0 Å². The molecule has 2 aromatic carbocycles. The van der Waals surface area contributed by atoms with Gasteiger partial charge in [-0.05, 0) is 49.6 Å². The van der Waals surface area contributed by atoms with Crippen LogP contribution < -0.4 is 9.47 Å². The minimum absolute atomic E-state index is 0.136. The van der Waals surface area contributed by atoms with Crippen LogP contribution in [0.3, 0.4) is 0 Å². The first-order chi connectivity index (χ1) is 12.9. The third kappa shape index (κ3) is 3.61. The standard InChI is InChI=1S/C12H15NO2.C11H13N/c1-8-10-7-12(15-3)11(14-2)6-9(10)4-5-13-8;1-8-11(2,3)9-6-4-5-7-10(9)12-8/h6-7H,4-5H2,1-3H3;4-7H,1-3H3. The molecule has 0 fully saturated rings. The first kappa shape index (κ1) is 19.2. The maximum atomic E-state index is 5.27. The van der Waals surface area contributed by atoms with E-state index < -0.39 is 0 Å². The lowest BCUT2D eigenvalue weighted by Gasteiger charge is -2.19. The van der Waals surface area contributed by atoms with Gasteiger partial charge in [-0.2, -0.15) is 0 Å². The predicted molar refractivity (Wildman–Crippen MR) is 113 cm³/mol. The molecule has 2 aromatic rings. The second-order valence-corrected chi connectivity index (χ2v) is 7.42. The Morgan fingerprint density at radius 2 is 1.63 bits per heavy atom. The molecule has 2 aliphatic heterocycles. The van der Waals surface area contributed by atoms with E-state index in [1.165, 1.54) is 22.4 Å². The number of methoxy groups -OCH3 is 2. The van der Waals surface area contributed by atoms with Crippen LogP contribution in [0.15, 0.2) is 46.4 Å². The number of ether oxygens (including phenoxy) is 2. The Hall–Kier alpha value is -2.62. The third-order valence-corrected chi connectivity index (χ3v) is 5.50. The highest BCUT2D eigenvalue weighted by molar-refractivity contribution is 6.01. The van der Waals surface area contributed by atoms with Crippen LogP contribution in [-0.2, 0) is 11.8 Å². The molecule has 2 heterocycles. The van der Waals surface area contributed by atoms with Crippen molar-refractivity contribution in [3.8, 4) is 11.5 Å². The van der Waals surface area contributed by atoms with Crippen molar-refractivity contribution in [1.82, 2.24) is 0 Å². The van der Waals surface area contributed by atoms with E-state index in [4.69, 9.17) is 9.47 Å². The highest BCUT2D eigenvalue weighted by Crippen LogP contribution is 2.39. The smallest absolute Gasteiger partial charge is 0.161 e. The lowest BCUT2D eigenvalue weighted by molar-refractivity contribution is 0.354. The van der Waals surface area contributed by atoms with Gasteiger partial charge < -0.3 is 9.47 Å². The van der Waals surface area contributed by atoms with Crippen molar-refractivity contribution >= 4 is 17.1 Å². The molecular weight excluding hydrogens is 336 g/mol. The zero-order valence-corrected chi connectivity index (χ0v) is 17.1. The van der Waals surface area contributed by atoms with Gasteiger partial charge in [0, 0.05) is 28.9 Å². The molecule has 4 heteroatoms. The highest BCUT2D eigenvalue weighted by Gasteiger charge is 2.31. The summed E-state index contributed by atoms with van der Waals surface area (Å²) in [6, 6.07) is 12.4. The summed E-state index contributed by atoms with van der Waals surface area (Å²) in [6.07, 6.45) is 0.979. The molecule has 0 radical (unpaired) electrons. The van der Waals surface area contributed by atoms with Gasteiger partial charge in [0.25, 0.3) is 0 Å². The Balaban J connectivity index is 0.000000159. The molecular formula is C23H28N2O2. The quantitative estimate of drug-likeness (QED) is 0.740. The molecule has 2 aliphatic rings. The van der Waals surface area contributed by atoms with Crippen molar-refractivity contribution < 1.29 is 9.47 Å². The van der Waals surface area contributed by atoms with Gasteiger partial charge in [0.05, 0.1) is 19.9 Å². The minimum atomic E-state index is 0.136. The van der Waals surface area contributed by atoms with Gasteiger partial charge in [-0.3, -0.25) is 9.98 Å². The fourth-order valence-corrected chi connectivity index (χ4v) is 3.51. The van der Waals surface area contributed by atoms with E-state index in [1.807, 2.05) is 25.1 Å². The van der Waals surface area contributed by atoms with Crippen LogP contribution in [0.1, 0.15) is 44.4 Å². The van der Waals surface area contributed by atoms with Crippen molar-refractivity contribution in [2.75, 3.05) is 20.8 Å². The van der Waals surface area contributed by atoms with E-state index in [-0.39, 0.29) is 5.41 Å². The van der Waals surface area contributed by atoms with Gasteiger partial charge in [0.2, 0.25) is 0 Å². The zero-order chi connectivity index (χ0) is 19.6. The zero-order valence-electron chi connectivity index (χ0n) is 17.1. The molecule has 0 N–H and O–H groups in total. The lowest BCUT2D eigenvalue weighted by atomic mass is 9.82. The van der Waals surface area contributed by atoms with Crippen molar-refractivity contribution in [3.05, 3.63) is 53.1 Å². The highest BCUT2D eigenvalue weighted by atomic mass is 16.5. The van der Waals surface area contributed by atoms with Crippen LogP contribution in [0.2, 0.25) is 0 Å². The summed E-state index contributed by atoms with van der Waals surface area (Å²) in [7, 11) is 3.31. The van der Waals surface area contributed by atoms with Crippen molar-refractivity contribution in [2.45, 2.75) is 39.5 Å². The number of hydrogen-bond acceptors (Lipinski definition) is 4. The fourth-order valence-electron chi connectivity index (χ4n) is 3.51. The van der Waals surface area contributed by atoms with Gasteiger partial charge >= 0.3 is 0 Å². The summed E-state index contributed by atoms with van der Waals surface area (Å²) in [5, 5.41) is 0. The Morgan fingerprint density at radius 1 is 0.963 bits per heavy atom. The van der Waals surface area contributed by atoms with E-state index in [0.29, 0.717) is 0 Å². The molecule has 4 nitrogen and oxygen atoms in total. The van der Waals surface area contributed by atoms with Crippen molar-refractivity contribution in [3.63, 3.8) is 0 Å². The van der Waals surface area contributed by atoms with E-state index in [2.05, 4.69) is 49.0 Å². The Bertz CT molecular complexity index is 911. The Labute approximate surface area is 162 Å². The second-order valence-electron chi connectivity index (χ2n) is 7.42. The summed E-state index contributed by atoms with van der Waals surface area (Å²) >= 11 is 0. The monoisotopic (exact) mass is 364 g/mol. The molecule has 0 spiro atoms. The van der Waals surface area contributed by atoms with Crippen LogP contribution in [0.4, 0.5) is 5.69 Å². The Morgan fingerprint density at radius 3 is 2.30 bits per heavy atom. The molecule has 0 amide bonds. The van der Waals surface area contributed by atoms with E-state index in [0.717, 1.165) is 35.9 Å². The maximum Gasteiger partial charge on any atom is 0.161 e. The average molecular weight is 364 g/mol. The van der Waals surface area contributed by atoms with Gasteiger partial charge in [0.1, 0.15) is 0 Å². The third-order valence-electron chi connectivity index (χ3n) is 5.50. The normalized spacial score (nSPS) is 16.2. The first-order valence-corrected chi connectivity index (χ1v) is 9.30. The van der Waals surface area contributed by atoms with Crippen LogP contribution in [-0.4, -0.2) is 32.2 Å². The molecule has 4 rings (SSSR count). The number of aliphatic imine (C=N–C) groups is 2. The second kappa shape index (κ2) is 7.55. The molecule has 0 aliphatic carbocycles. The average Bonchev–Trinajstić information content (AvgIpc) is 2.91. The molecule has 27 heavy (non-hydrogen) atoms. The maximum absolute atomic E-state index is 5.27. The topological polar surface area (TPSA) is 43.2 Å². The van der Waals surface area contributed by atoms with Gasteiger partial charge in [-0.25, -0.2) is 0 Å². The summed E-state index contributed by atoms with van der Waals surface area (Å²) in [4.78, 5) is 8.94. The lowest BCUT2D eigenvalue weighted by Crippen LogP contribution is -2.22. The summed E-state index contributed by atoms with van der Waals surface area (Å²) in [5.74, 6) is 1.57. The number of hydrogen-bond donors (Lipinski definition) is 0. The van der Waals surface area contributed by atoms with Gasteiger partial charge in [0.15, 0.2) is 11.5 Å². The molecule has 0 bridgehead atoms.